The van der Waals surface area contributed by atoms with Crippen molar-refractivity contribution in [2.75, 3.05) is 0 Å². The van der Waals surface area contributed by atoms with E-state index in [1.54, 1.807) is 24.3 Å². The second-order valence-electron chi connectivity index (χ2n) is 3.19. The lowest BCUT2D eigenvalue weighted by Gasteiger charge is -2.03. The van der Waals surface area contributed by atoms with Crippen LogP contribution in [0.25, 0.3) is 5.69 Å². The lowest BCUT2D eigenvalue weighted by molar-refractivity contribution is 0.112. The molecule has 1 aromatic heterocycles. The molecule has 0 amide bonds. The highest BCUT2D eigenvalue weighted by atomic mass is 35.5. The minimum atomic E-state index is -0.390. The Balaban J connectivity index is 2.77. The Hall–Kier alpha value is -1.88. The first-order valence-corrected chi connectivity index (χ1v) is 4.89. The van der Waals surface area contributed by atoms with Gasteiger partial charge >= 0.3 is 5.69 Å². The molecule has 2 aromatic rings. The summed E-state index contributed by atoms with van der Waals surface area (Å²) in [5.74, 6) is 0. The third-order valence-electron chi connectivity index (χ3n) is 2.19. The average Bonchev–Trinajstić information content (AvgIpc) is 2.53. The topological polar surface area (TPSA) is 56.9 Å². The molecular weight excluding hydrogens is 230 g/mol. The molecular formula is C10H8ClN3O2. The van der Waals surface area contributed by atoms with Gasteiger partial charge in [0.1, 0.15) is 0 Å². The number of para-hydroxylation sites is 1. The fourth-order valence-electron chi connectivity index (χ4n) is 1.43. The molecule has 0 aliphatic heterocycles. The molecule has 16 heavy (non-hydrogen) atoms. The van der Waals surface area contributed by atoms with E-state index in [1.807, 2.05) is 0 Å². The second-order valence-corrected chi connectivity index (χ2v) is 3.53. The lowest BCUT2D eigenvalue weighted by Crippen LogP contribution is -2.22. The van der Waals surface area contributed by atoms with Gasteiger partial charge in [0.05, 0.1) is 5.69 Å². The number of aryl methyl sites for hydroxylation is 1. The molecule has 6 heteroatoms. The third-order valence-corrected chi connectivity index (χ3v) is 2.43. The third kappa shape index (κ3) is 1.55. The zero-order chi connectivity index (χ0) is 11.7. The molecule has 0 saturated carbocycles. The van der Waals surface area contributed by atoms with E-state index in [-0.39, 0.29) is 11.0 Å². The zero-order valence-corrected chi connectivity index (χ0v) is 9.18. The number of benzene rings is 1. The number of carbonyl (C=O) groups excluding carboxylic acids is 1. The van der Waals surface area contributed by atoms with E-state index >= 15 is 0 Å². The molecule has 0 fully saturated rings. The van der Waals surface area contributed by atoms with Gasteiger partial charge in [0, 0.05) is 12.6 Å². The van der Waals surface area contributed by atoms with Crippen LogP contribution in [-0.2, 0) is 7.05 Å². The predicted molar refractivity (Wildman–Crippen MR) is 59.2 cm³/mol. The highest BCUT2D eigenvalue weighted by Crippen LogP contribution is 2.14. The monoisotopic (exact) mass is 237 g/mol. The number of rotatable bonds is 2. The van der Waals surface area contributed by atoms with Crippen LogP contribution in [0.5, 0.6) is 0 Å². The Morgan fingerprint density at radius 3 is 2.62 bits per heavy atom. The van der Waals surface area contributed by atoms with Crippen molar-refractivity contribution in [3.05, 3.63) is 45.6 Å². The zero-order valence-electron chi connectivity index (χ0n) is 8.42. The molecule has 0 aliphatic rings. The summed E-state index contributed by atoms with van der Waals surface area (Å²) in [7, 11) is 1.49. The smallest absolute Gasteiger partial charge is 0.298 e. The molecule has 0 atom stereocenters. The minimum Gasteiger partial charge on any atom is -0.298 e. The van der Waals surface area contributed by atoms with Crippen molar-refractivity contribution < 1.29 is 4.79 Å². The first kappa shape index (κ1) is 10.6. The van der Waals surface area contributed by atoms with Crippen LogP contribution < -0.4 is 5.69 Å². The summed E-state index contributed by atoms with van der Waals surface area (Å²) >= 11 is 5.83. The van der Waals surface area contributed by atoms with E-state index in [9.17, 15) is 9.59 Å². The SMILES string of the molecule is Cn1nc(Cl)n(-c2ccccc2C=O)c1=O. The molecule has 82 valence electrons. The molecule has 0 bridgehead atoms. The first-order valence-electron chi connectivity index (χ1n) is 4.51. The maximum absolute atomic E-state index is 11.7. The molecule has 1 heterocycles. The summed E-state index contributed by atoms with van der Waals surface area (Å²) in [6.45, 7) is 0. The van der Waals surface area contributed by atoms with Crippen LogP contribution in [0.3, 0.4) is 0 Å². The van der Waals surface area contributed by atoms with E-state index in [1.165, 1.54) is 11.6 Å². The van der Waals surface area contributed by atoms with Crippen molar-refractivity contribution >= 4 is 17.9 Å². The van der Waals surface area contributed by atoms with Crippen molar-refractivity contribution in [2.45, 2.75) is 0 Å². The van der Waals surface area contributed by atoms with Gasteiger partial charge in [-0.05, 0) is 23.7 Å². The molecule has 0 spiro atoms. The number of hydrogen-bond acceptors (Lipinski definition) is 3. The minimum absolute atomic E-state index is 0.0294. The van der Waals surface area contributed by atoms with Gasteiger partial charge in [-0.2, -0.15) is 0 Å². The number of carbonyl (C=O) groups is 1. The maximum atomic E-state index is 11.7. The molecule has 0 unspecified atom stereocenters. The van der Waals surface area contributed by atoms with Crippen LogP contribution in [0.1, 0.15) is 10.4 Å². The molecule has 0 saturated heterocycles. The summed E-state index contributed by atoms with van der Waals surface area (Å²) in [5, 5.41) is 3.81. The standard InChI is InChI=1S/C10H8ClN3O2/c1-13-10(16)14(9(11)12-13)8-5-3-2-4-7(8)6-15/h2-6H,1H3. The summed E-state index contributed by atoms with van der Waals surface area (Å²) < 4.78 is 2.30. The van der Waals surface area contributed by atoms with Gasteiger partial charge in [-0.3, -0.25) is 4.79 Å². The number of aldehydes is 1. The number of hydrogen-bond donors (Lipinski definition) is 0. The highest BCUT2D eigenvalue weighted by Gasteiger charge is 2.13. The Bertz CT molecular complexity index is 600. The number of nitrogens with zero attached hydrogens (tertiary/aromatic N) is 3. The van der Waals surface area contributed by atoms with Gasteiger partial charge < -0.3 is 0 Å². The van der Waals surface area contributed by atoms with E-state index in [4.69, 9.17) is 11.6 Å². The Morgan fingerprint density at radius 1 is 1.38 bits per heavy atom. The Kier molecular flexibility index (Phi) is 2.62. The fraction of sp³-hybridized carbons (Fsp3) is 0.100. The summed E-state index contributed by atoms with van der Waals surface area (Å²) in [5.41, 5.74) is 0.430. The van der Waals surface area contributed by atoms with E-state index in [0.717, 1.165) is 4.68 Å². The van der Waals surface area contributed by atoms with Crippen LogP contribution in [-0.4, -0.2) is 20.6 Å². The second kappa shape index (κ2) is 3.94. The summed E-state index contributed by atoms with van der Waals surface area (Å²) in [6, 6.07) is 6.68. The molecule has 2 rings (SSSR count). The van der Waals surface area contributed by atoms with Gasteiger partial charge in [0.2, 0.25) is 5.28 Å². The van der Waals surface area contributed by atoms with Crippen LogP contribution in [0.2, 0.25) is 5.28 Å². The van der Waals surface area contributed by atoms with Gasteiger partial charge in [-0.25, -0.2) is 14.0 Å². The normalized spacial score (nSPS) is 10.4. The van der Waals surface area contributed by atoms with Crippen molar-refractivity contribution in [2.24, 2.45) is 7.05 Å². The Morgan fingerprint density at radius 2 is 2.06 bits per heavy atom. The average molecular weight is 238 g/mol. The van der Waals surface area contributed by atoms with Crippen LogP contribution >= 0.6 is 11.6 Å². The molecule has 0 aliphatic carbocycles. The van der Waals surface area contributed by atoms with Crippen molar-refractivity contribution in [3.63, 3.8) is 0 Å². The van der Waals surface area contributed by atoms with Gasteiger partial charge in [-0.15, -0.1) is 5.10 Å². The highest BCUT2D eigenvalue weighted by molar-refractivity contribution is 6.28. The van der Waals surface area contributed by atoms with Gasteiger partial charge in [-0.1, -0.05) is 12.1 Å². The number of halogens is 1. The maximum Gasteiger partial charge on any atom is 0.351 e. The predicted octanol–water partition coefficient (Wildman–Crippen LogP) is 1.04. The molecule has 1 aromatic carbocycles. The van der Waals surface area contributed by atoms with Crippen LogP contribution in [0.4, 0.5) is 0 Å². The number of aromatic nitrogens is 3. The quantitative estimate of drug-likeness (QED) is 0.734. The lowest BCUT2D eigenvalue weighted by atomic mass is 10.2. The van der Waals surface area contributed by atoms with Gasteiger partial charge in [0.25, 0.3) is 0 Å². The largest absolute Gasteiger partial charge is 0.351 e. The van der Waals surface area contributed by atoms with Crippen LogP contribution in [0.15, 0.2) is 29.1 Å². The summed E-state index contributed by atoms with van der Waals surface area (Å²) in [6.07, 6.45) is 0.672. The van der Waals surface area contributed by atoms with Crippen molar-refractivity contribution in [3.8, 4) is 5.69 Å². The molecule has 0 radical (unpaired) electrons. The summed E-state index contributed by atoms with van der Waals surface area (Å²) in [4.78, 5) is 22.6. The van der Waals surface area contributed by atoms with E-state index < -0.39 is 0 Å². The molecule has 5 nitrogen and oxygen atoms in total. The molecule has 0 N–H and O–H groups in total. The van der Waals surface area contributed by atoms with E-state index in [0.29, 0.717) is 17.5 Å². The van der Waals surface area contributed by atoms with Crippen molar-refractivity contribution in [1.29, 1.82) is 0 Å². The van der Waals surface area contributed by atoms with Crippen LogP contribution in [0, 0.1) is 0 Å². The van der Waals surface area contributed by atoms with Crippen molar-refractivity contribution in [1.82, 2.24) is 14.3 Å². The Labute approximate surface area is 95.9 Å². The van der Waals surface area contributed by atoms with Gasteiger partial charge in [0.15, 0.2) is 6.29 Å². The fourth-order valence-corrected chi connectivity index (χ4v) is 1.70. The van der Waals surface area contributed by atoms with E-state index in [2.05, 4.69) is 5.10 Å². The first-order chi connectivity index (χ1) is 7.65.